The number of rotatable bonds is 0. The fraction of sp³-hybridized carbons (Fsp3) is 0.750. The zero-order valence-electron chi connectivity index (χ0n) is 5.66. The highest BCUT2D eigenvalue weighted by Gasteiger charge is 1.95. The Balaban J connectivity index is 0.000000222. The van der Waals surface area contributed by atoms with Gasteiger partial charge in [0.2, 0.25) is 0 Å². The molecule has 0 aromatic rings. The first kappa shape index (κ1) is 7.74. The molecule has 0 atom stereocenters. The van der Waals surface area contributed by atoms with Gasteiger partial charge in [-0.25, -0.2) is 0 Å². The molecule has 1 aliphatic carbocycles. The van der Waals surface area contributed by atoms with Crippen LogP contribution in [0.4, 0.5) is 0 Å². The Kier molecular flexibility index (Phi) is 6.52. The molecular weight excluding hydrogens is 96.1 g/mol. The predicted octanol–water partition coefficient (Wildman–Crippen LogP) is 3.14. The summed E-state index contributed by atoms with van der Waals surface area (Å²) < 4.78 is 0. The minimum atomic E-state index is 1.50. The highest BCUT2D eigenvalue weighted by Crippen LogP contribution is 2.15. The van der Waals surface area contributed by atoms with E-state index in [2.05, 4.69) is 13.2 Å². The normalized spacial score (nSPS) is 18.5. The van der Waals surface area contributed by atoms with Crippen molar-refractivity contribution in [2.45, 2.75) is 38.5 Å². The Labute approximate surface area is 52.6 Å². The molecule has 0 bridgehead atoms. The second-order valence-electron chi connectivity index (χ2n) is 2.12. The fourth-order valence-corrected chi connectivity index (χ4v) is 1.06. The van der Waals surface area contributed by atoms with Gasteiger partial charge in [-0.05, 0) is 0 Å². The van der Waals surface area contributed by atoms with Crippen LogP contribution in [0.15, 0.2) is 13.2 Å². The third-order valence-corrected chi connectivity index (χ3v) is 1.50. The predicted molar refractivity (Wildman–Crippen MR) is 39.0 cm³/mol. The minimum absolute atomic E-state index is 1.50. The van der Waals surface area contributed by atoms with Gasteiger partial charge in [-0.15, -0.1) is 13.2 Å². The molecule has 8 heavy (non-hydrogen) atoms. The Morgan fingerprint density at radius 2 is 0.625 bits per heavy atom. The first-order valence-electron chi connectivity index (χ1n) is 3.50. The monoisotopic (exact) mass is 112 g/mol. The summed E-state index contributed by atoms with van der Waals surface area (Å²) >= 11 is 0. The molecule has 1 rings (SSSR count). The largest absolute Gasteiger partial charge is 0.106 e. The maximum atomic E-state index is 3.00. The van der Waals surface area contributed by atoms with Crippen molar-refractivity contribution in [3.63, 3.8) is 0 Å². The van der Waals surface area contributed by atoms with Crippen LogP contribution >= 0.6 is 0 Å². The van der Waals surface area contributed by atoms with Crippen molar-refractivity contribution in [2.75, 3.05) is 0 Å². The van der Waals surface area contributed by atoms with E-state index >= 15 is 0 Å². The Bertz CT molecular complexity index is 23.8. The summed E-state index contributed by atoms with van der Waals surface area (Å²) in [6.45, 7) is 6.00. The van der Waals surface area contributed by atoms with Gasteiger partial charge in [0.15, 0.2) is 0 Å². The smallest absolute Gasteiger partial charge is 0.0533 e. The molecule has 1 aliphatic rings. The number of hydrogen-bond donors (Lipinski definition) is 0. The summed E-state index contributed by atoms with van der Waals surface area (Å²) in [7, 11) is 0. The van der Waals surface area contributed by atoms with Crippen LogP contribution < -0.4 is 0 Å². The Morgan fingerprint density at radius 1 is 0.500 bits per heavy atom. The van der Waals surface area contributed by atoms with E-state index in [0.29, 0.717) is 0 Å². The quantitative estimate of drug-likeness (QED) is 0.422. The molecule has 0 nitrogen and oxygen atoms in total. The maximum Gasteiger partial charge on any atom is -0.0533 e. The summed E-state index contributed by atoms with van der Waals surface area (Å²) in [4.78, 5) is 0. The average Bonchev–Trinajstić information content (AvgIpc) is 1.96. The van der Waals surface area contributed by atoms with Crippen LogP contribution in [0, 0.1) is 0 Å². The molecule has 0 aromatic heterocycles. The molecule has 0 saturated heterocycles. The topological polar surface area (TPSA) is 0 Å². The standard InChI is InChI=1S/C6H12.C2H4/c1-2-4-6-5-3-1;1-2/h1-6H2;1-2H2. The molecule has 0 heterocycles. The van der Waals surface area contributed by atoms with E-state index in [-0.39, 0.29) is 0 Å². The Morgan fingerprint density at radius 3 is 0.750 bits per heavy atom. The van der Waals surface area contributed by atoms with Crippen molar-refractivity contribution >= 4 is 0 Å². The molecule has 1 fully saturated rings. The lowest BCUT2D eigenvalue weighted by Gasteiger charge is -2.05. The fourth-order valence-electron chi connectivity index (χ4n) is 1.06. The summed E-state index contributed by atoms with van der Waals surface area (Å²) in [5.41, 5.74) is 0. The van der Waals surface area contributed by atoms with Gasteiger partial charge >= 0.3 is 0 Å². The molecular formula is C8H16. The van der Waals surface area contributed by atoms with Gasteiger partial charge in [-0.1, -0.05) is 38.5 Å². The molecule has 0 aromatic carbocycles. The average molecular weight is 112 g/mol. The van der Waals surface area contributed by atoms with Crippen LogP contribution in [-0.2, 0) is 0 Å². The van der Waals surface area contributed by atoms with E-state index in [1.165, 1.54) is 38.5 Å². The summed E-state index contributed by atoms with van der Waals surface area (Å²) in [6.07, 6.45) is 9.00. The van der Waals surface area contributed by atoms with E-state index in [0.717, 1.165) is 0 Å². The molecule has 1 saturated carbocycles. The van der Waals surface area contributed by atoms with Crippen LogP contribution in [-0.4, -0.2) is 0 Å². The van der Waals surface area contributed by atoms with Gasteiger partial charge < -0.3 is 0 Å². The van der Waals surface area contributed by atoms with E-state index in [4.69, 9.17) is 0 Å². The summed E-state index contributed by atoms with van der Waals surface area (Å²) in [5, 5.41) is 0. The third kappa shape index (κ3) is 3.91. The summed E-state index contributed by atoms with van der Waals surface area (Å²) in [5.74, 6) is 0. The molecule has 0 heteroatoms. The highest BCUT2D eigenvalue weighted by molar-refractivity contribution is 4.51. The number of hydrogen-bond acceptors (Lipinski definition) is 0. The lowest BCUT2D eigenvalue weighted by Crippen LogP contribution is -1.85. The van der Waals surface area contributed by atoms with E-state index in [1.807, 2.05) is 0 Å². The zero-order chi connectivity index (χ0) is 6.24. The van der Waals surface area contributed by atoms with Crippen LogP contribution in [0.5, 0.6) is 0 Å². The summed E-state index contributed by atoms with van der Waals surface area (Å²) in [6, 6.07) is 0. The van der Waals surface area contributed by atoms with E-state index in [1.54, 1.807) is 0 Å². The molecule has 0 radical (unpaired) electrons. The second kappa shape index (κ2) is 6.74. The second-order valence-corrected chi connectivity index (χ2v) is 2.12. The molecule has 48 valence electrons. The zero-order valence-corrected chi connectivity index (χ0v) is 5.66. The molecule has 0 N–H and O–H groups in total. The van der Waals surface area contributed by atoms with Gasteiger partial charge in [-0.3, -0.25) is 0 Å². The van der Waals surface area contributed by atoms with Crippen molar-refractivity contribution in [3.8, 4) is 0 Å². The lowest BCUT2D eigenvalue weighted by atomic mass is 10.0. The van der Waals surface area contributed by atoms with Gasteiger partial charge in [0, 0.05) is 0 Å². The maximum absolute atomic E-state index is 3.00. The molecule has 0 spiro atoms. The van der Waals surface area contributed by atoms with Gasteiger partial charge in [0.05, 0.1) is 0 Å². The van der Waals surface area contributed by atoms with Crippen LogP contribution in [0.1, 0.15) is 38.5 Å². The lowest BCUT2D eigenvalue weighted by molar-refractivity contribution is 0.504. The minimum Gasteiger partial charge on any atom is -0.106 e. The van der Waals surface area contributed by atoms with Crippen molar-refractivity contribution < 1.29 is 0 Å². The van der Waals surface area contributed by atoms with Crippen LogP contribution in [0.2, 0.25) is 0 Å². The van der Waals surface area contributed by atoms with Crippen molar-refractivity contribution in [1.29, 1.82) is 0 Å². The van der Waals surface area contributed by atoms with Gasteiger partial charge in [0.1, 0.15) is 0 Å². The molecule has 0 amide bonds. The van der Waals surface area contributed by atoms with Crippen molar-refractivity contribution in [3.05, 3.63) is 13.2 Å². The van der Waals surface area contributed by atoms with E-state index < -0.39 is 0 Å². The van der Waals surface area contributed by atoms with Gasteiger partial charge in [0.25, 0.3) is 0 Å². The van der Waals surface area contributed by atoms with Crippen LogP contribution in [0.3, 0.4) is 0 Å². The van der Waals surface area contributed by atoms with Crippen molar-refractivity contribution in [1.82, 2.24) is 0 Å². The van der Waals surface area contributed by atoms with E-state index in [9.17, 15) is 0 Å². The Hall–Kier alpha value is -0.260. The SMILES string of the molecule is C1CCCCC1.C=C. The van der Waals surface area contributed by atoms with Gasteiger partial charge in [-0.2, -0.15) is 0 Å². The highest BCUT2D eigenvalue weighted by atomic mass is 14.0. The van der Waals surface area contributed by atoms with Crippen LogP contribution in [0.25, 0.3) is 0 Å². The molecule has 0 unspecified atom stereocenters. The van der Waals surface area contributed by atoms with Crippen molar-refractivity contribution in [2.24, 2.45) is 0 Å². The first-order valence-corrected chi connectivity index (χ1v) is 3.50. The molecule has 0 aliphatic heterocycles. The first-order chi connectivity index (χ1) is 4.00. The third-order valence-electron chi connectivity index (χ3n) is 1.50.